The Balaban J connectivity index is 0.000000798. The highest BCUT2D eigenvalue weighted by Crippen LogP contribution is 2.37. The maximum Gasteiger partial charge on any atom is 0.0449 e. The van der Waals surface area contributed by atoms with Crippen molar-refractivity contribution in [3.05, 3.63) is 59.0 Å². The summed E-state index contributed by atoms with van der Waals surface area (Å²) in [5.41, 5.74) is 2.62. The first-order valence-electron chi connectivity index (χ1n) is 8.96. The molecule has 2 heteroatoms. The third-order valence-corrected chi connectivity index (χ3v) is 5.26. The fraction of sp³-hybridized carbons (Fsp3) is 0.364. The molecule has 0 saturated carbocycles. The van der Waals surface area contributed by atoms with Crippen molar-refractivity contribution in [1.29, 1.82) is 0 Å². The van der Waals surface area contributed by atoms with Crippen LogP contribution in [-0.2, 0) is 0 Å². The first-order valence-corrected chi connectivity index (χ1v) is 10.6. The number of thiophene rings is 2. The van der Waals surface area contributed by atoms with Gasteiger partial charge in [0.05, 0.1) is 0 Å². The fourth-order valence-corrected chi connectivity index (χ4v) is 3.88. The Morgan fingerprint density at radius 3 is 1.46 bits per heavy atom. The predicted octanol–water partition coefficient (Wildman–Crippen LogP) is 8.84. The van der Waals surface area contributed by atoms with E-state index in [1.165, 1.54) is 30.6 Å². The molecule has 0 nitrogen and oxygen atoms in total. The number of benzene rings is 1. The molecular weight excluding hydrogens is 328 g/mol. The van der Waals surface area contributed by atoms with E-state index in [0.29, 0.717) is 0 Å². The first-order chi connectivity index (χ1) is 11.7. The Kier molecular flexibility index (Phi) is 12.2. The van der Waals surface area contributed by atoms with E-state index in [-0.39, 0.29) is 0 Å². The van der Waals surface area contributed by atoms with Crippen molar-refractivity contribution < 1.29 is 0 Å². The van der Waals surface area contributed by atoms with Crippen molar-refractivity contribution in [3.8, 4) is 20.2 Å². The largest absolute Gasteiger partial charge is 0.140 e. The van der Waals surface area contributed by atoms with Gasteiger partial charge in [-0.2, -0.15) is 0 Å². The van der Waals surface area contributed by atoms with Crippen molar-refractivity contribution in [2.75, 3.05) is 0 Å². The van der Waals surface area contributed by atoms with Gasteiger partial charge in [0.2, 0.25) is 0 Å². The van der Waals surface area contributed by atoms with Crippen LogP contribution in [-0.4, -0.2) is 0 Å². The summed E-state index contributed by atoms with van der Waals surface area (Å²) >= 11 is 3.73. The van der Waals surface area contributed by atoms with Gasteiger partial charge in [0.25, 0.3) is 0 Å². The van der Waals surface area contributed by atoms with Gasteiger partial charge in [-0.25, -0.2) is 0 Å². The van der Waals surface area contributed by atoms with E-state index < -0.39 is 0 Å². The Morgan fingerprint density at radius 1 is 0.500 bits per heavy atom. The summed E-state index contributed by atoms with van der Waals surface area (Å²) in [4.78, 5) is 5.45. The number of rotatable bonds is 2. The molecule has 0 radical (unpaired) electrons. The van der Waals surface area contributed by atoms with Crippen molar-refractivity contribution >= 4 is 22.7 Å². The van der Waals surface area contributed by atoms with Crippen LogP contribution in [0.15, 0.2) is 48.5 Å². The van der Waals surface area contributed by atoms with Crippen molar-refractivity contribution in [2.24, 2.45) is 0 Å². The van der Waals surface area contributed by atoms with Crippen LogP contribution in [0.4, 0.5) is 0 Å². The minimum Gasteiger partial charge on any atom is -0.140 e. The molecule has 3 aromatic rings. The minimum absolute atomic E-state index is 1.31. The molecule has 0 bridgehead atoms. The molecule has 132 valence electrons. The Morgan fingerprint density at radius 2 is 0.958 bits per heavy atom. The molecule has 3 rings (SSSR count). The molecule has 24 heavy (non-hydrogen) atoms. The second kappa shape index (κ2) is 13.0. The van der Waals surface area contributed by atoms with E-state index in [0.717, 1.165) is 0 Å². The zero-order valence-electron chi connectivity index (χ0n) is 16.4. The van der Waals surface area contributed by atoms with Gasteiger partial charge in [0.1, 0.15) is 0 Å². The highest BCUT2D eigenvalue weighted by molar-refractivity contribution is 7.23. The van der Waals surface area contributed by atoms with Gasteiger partial charge in [-0.3, -0.25) is 0 Å². The summed E-state index contributed by atoms with van der Waals surface area (Å²) in [6, 6.07) is 17.6. The smallest absolute Gasteiger partial charge is 0.0449 e. The topological polar surface area (TPSA) is 0 Å². The van der Waals surface area contributed by atoms with Crippen LogP contribution in [0.1, 0.15) is 52.0 Å². The van der Waals surface area contributed by atoms with E-state index in [2.05, 4.69) is 62.4 Å². The number of hydrogen-bond donors (Lipinski definition) is 0. The zero-order chi connectivity index (χ0) is 18.5. The van der Waals surface area contributed by atoms with Crippen molar-refractivity contribution in [2.45, 2.75) is 55.4 Å². The molecule has 2 aromatic heterocycles. The van der Waals surface area contributed by atoms with Crippen LogP contribution >= 0.6 is 22.7 Å². The minimum atomic E-state index is 1.31. The molecular formula is C22H32S2. The number of aryl methyl sites for hydroxylation is 2. The van der Waals surface area contributed by atoms with Crippen LogP contribution in [0, 0.1) is 13.8 Å². The second-order valence-electron chi connectivity index (χ2n) is 4.44. The molecule has 0 aliphatic heterocycles. The molecule has 0 spiro atoms. The summed E-state index contributed by atoms with van der Waals surface area (Å²) in [5, 5.41) is 0. The monoisotopic (exact) mass is 360 g/mol. The molecule has 0 aliphatic rings. The molecule has 0 fully saturated rings. The van der Waals surface area contributed by atoms with Crippen LogP contribution < -0.4 is 0 Å². The molecule has 1 aromatic carbocycles. The lowest BCUT2D eigenvalue weighted by atomic mass is 10.1. The maximum absolute atomic E-state index is 2.23. The quantitative estimate of drug-likeness (QED) is 0.428. The van der Waals surface area contributed by atoms with Crippen LogP contribution in [0.2, 0.25) is 0 Å². The van der Waals surface area contributed by atoms with Crippen LogP contribution in [0.3, 0.4) is 0 Å². The van der Waals surface area contributed by atoms with Crippen LogP contribution in [0.25, 0.3) is 20.2 Å². The molecule has 0 saturated heterocycles. The molecule has 0 amide bonds. The van der Waals surface area contributed by atoms with E-state index >= 15 is 0 Å². The third kappa shape index (κ3) is 6.62. The maximum atomic E-state index is 2.23. The lowest BCUT2D eigenvalue weighted by Gasteiger charge is -1.97. The van der Waals surface area contributed by atoms with Gasteiger partial charge in [-0.15, -0.1) is 22.7 Å². The second-order valence-corrected chi connectivity index (χ2v) is 6.81. The SMILES string of the molecule is CC.CC.CC.Cc1ccc(-c2ccc(-c3ccc(C)s3)s2)cc1. The summed E-state index contributed by atoms with van der Waals surface area (Å²) in [6.45, 7) is 16.3. The van der Waals surface area contributed by atoms with E-state index in [1.54, 1.807) is 0 Å². The standard InChI is InChI=1S/C16H14S2.3C2H6/c1-11-3-6-13(7-4-11)14-9-10-16(18-14)15-8-5-12(2)17-15;3*1-2/h3-10H,1-2H3;3*1-2H3. The number of hydrogen-bond acceptors (Lipinski definition) is 2. The normalized spacial score (nSPS) is 8.83. The highest BCUT2D eigenvalue weighted by Gasteiger charge is 2.06. The highest BCUT2D eigenvalue weighted by atomic mass is 32.1. The van der Waals surface area contributed by atoms with Gasteiger partial charge in [0, 0.05) is 19.5 Å². The average molecular weight is 361 g/mol. The predicted molar refractivity (Wildman–Crippen MR) is 117 cm³/mol. The van der Waals surface area contributed by atoms with Crippen molar-refractivity contribution in [1.82, 2.24) is 0 Å². The Hall–Kier alpha value is -1.38. The van der Waals surface area contributed by atoms with Gasteiger partial charge in [-0.05, 0) is 43.7 Å². The van der Waals surface area contributed by atoms with Gasteiger partial charge < -0.3 is 0 Å². The zero-order valence-corrected chi connectivity index (χ0v) is 18.1. The molecule has 0 aliphatic carbocycles. The average Bonchev–Trinajstić information content (AvgIpc) is 3.30. The van der Waals surface area contributed by atoms with E-state index in [9.17, 15) is 0 Å². The van der Waals surface area contributed by atoms with Crippen molar-refractivity contribution in [3.63, 3.8) is 0 Å². The summed E-state index contributed by atoms with van der Waals surface area (Å²) in [7, 11) is 0. The first kappa shape index (κ1) is 22.6. The summed E-state index contributed by atoms with van der Waals surface area (Å²) in [5.74, 6) is 0. The van der Waals surface area contributed by atoms with Gasteiger partial charge in [-0.1, -0.05) is 71.4 Å². The molecule has 0 atom stereocenters. The molecule has 2 heterocycles. The van der Waals surface area contributed by atoms with Gasteiger partial charge >= 0.3 is 0 Å². The lowest BCUT2D eigenvalue weighted by Crippen LogP contribution is -1.72. The van der Waals surface area contributed by atoms with Crippen LogP contribution in [0.5, 0.6) is 0 Å². The Bertz CT molecular complexity index is 657. The Labute approximate surface area is 157 Å². The third-order valence-electron chi connectivity index (χ3n) is 2.93. The van der Waals surface area contributed by atoms with Gasteiger partial charge in [0.15, 0.2) is 0 Å². The summed E-state index contributed by atoms with van der Waals surface area (Å²) < 4.78 is 0. The molecule has 0 unspecified atom stereocenters. The van der Waals surface area contributed by atoms with E-state index in [4.69, 9.17) is 0 Å². The lowest BCUT2D eigenvalue weighted by molar-refractivity contribution is 1.48. The fourth-order valence-electron chi connectivity index (χ4n) is 1.91. The van der Waals surface area contributed by atoms with E-state index in [1.807, 2.05) is 64.2 Å². The molecule has 0 N–H and O–H groups in total. The summed E-state index contributed by atoms with van der Waals surface area (Å²) in [6.07, 6.45) is 0.